The zero-order valence-corrected chi connectivity index (χ0v) is 12.9. The zero-order valence-electron chi connectivity index (χ0n) is 12.9. The van der Waals surface area contributed by atoms with E-state index in [1.54, 1.807) is 6.07 Å². The maximum atomic E-state index is 13.2. The van der Waals surface area contributed by atoms with E-state index in [1.807, 2.05) is 0 Å². The molecule has 1 aromatic carbocycles. The van der Waals surface area contributed by atoms with Crippen molar-refractivity contribution in [1.82, 2.24) is 4.90 Å². The van der Waals surface area contributed by atoms with Crippen LogP contribution in [0.1, 0.15) is 12.5 Å². The highest BCUT2D eigenvalue weighted by Crippen LogP contribution is 2.38. The zero-order chi connectivity index (χ0) is 18.1. The van der Waals surface area contributed by atoms with Gasteiger partial charge in [-0.1, -0.05) is 19.1 Å². The van der Waals surface area contributed by atoms with E-state index in [0.29, 0.717) is 5.56 Å². The summed E-state index contributed by atoms with van der Waals surface area (Å²) >= 11 is 0. The van der Waals surface area contributed by atoms with Gasteiger partial charge in [0.1, 0.15) is 5.82 Å². The molecule has 0 saturated carbocycles. The van der Waals surface area contributed by atoms with Crippen LogP contribution in [0.4, 0.5) is 17.6 Å². The number of carboxylic acids is 1. The lowest BCUT2D eigenvalue weighted by Gasteiger charge is -2.21. The van der Waals surface area contributed by atoms with Gasteiger partial charge in [-0.25, -0.2) is 4.39 Å². The van der Waals surface area contributed by atoms with E-state index < -0.39 is 54.7 Å². The van der Waals surface area contributed by atoms with Crippen LogP contribution in [-0.4, -0.2) is 41.1 Å². The fourth-order valence-electron chi connectivity index (χ4n) is 2.98. The number of hydrogen-bond acceptors (Lipinski definition) is 2. The van der Waals surface area contributed by atoms with Crippen molar-refractivity contribution < 1.29 is 32.3 Å². The maximum absolute atomic E-state index is 13.2. The standard InChI is InChI=1S/C16H17F4NO3/c1-9(5-10-3-2-4-11(17)6-10)14(22)21-7-12(15(23)24)13(8-21)16(18,19)20/h2-4,6,9,12-13H,5,7-8H2,1H3,(H,23,24)/t9?,12-,13-/m1/s1. The molecular formula is C16H17F4NO3. The second-order valence-corrected chi connectivity index (χ2v) is 6.07. The number of halogens is 4. The van der Waals surface area contributed by atoms with Gasteiger partial charge in [0.15, 0.2) is 0 Å². The van der Waals surface area contributed by atoms with Gasteiger partial charge in [-0.2, -0.15) is 13.2 Å². The molecule has 0 spiro atoms. The number of alkyl halides is 3. The minimum Gasteiger partial charge on any atom is -0.481 e. The minimum absolute atomic E-state index is 0.168. The van der Waals surface area contributed by atoms with Gasteiger partial charge in [-0.15, -0.1) is 0 Å². The summed E-state index contributed by atoms with van der Waals surface area (Å²) in [5.41, 5.74) is 0.553. The van der Waals surface area contributed by atoms with Crippen LogP contribution in [0.15, 0.2) is 24.3 Å². The molecule has 8 heteroatoms. The van der Waals surface area contributed by atoms with Crippen molar-refractivity contribution in [2.24, 2.45) is 17.8 Å². The third kappa shape index (κ3) is 4.04. The van der Waals surface area contributed by atoms with Gasteiger partial charge in [0.2, 0.25) is 5.91 Å². The summed E-state index contributed by atoms with van der Waals surface area (Å²) in [6.07, 6.45) is -4.51. The molecule has 1 aliphatic rings. The van der Waals surface area contributed by atoms with Gasteiger partial charge in [0, 0.05) is 19.0 Å². The van der Waals surface area contributed by atoms with E-state index in [9.17, 15) is 27.2 Å². The first-order valence-electron chi connectivity index (χ1n) is 7.42. The van der Waals surface area contributed by atoms with Crippen molar-refractivity contribution in [2.75, 3.05) is 13.1 Å². The molecule has 0 radical (unpaired) electrons. The molecule has 1 aromatic rings. The van der Waals surface area contributed by atoms with E-state index in [1.165, 1.54) is 25.1 Å². The maximum Gasteiger partial charge on any atom is 0.394 e. The van der Waals surface area contributed by atoms with Gasteiger partial charge in [0.05, 0.1) is 11.8 Å². The van der Waals surface area contributed by atoms with Crippen LogP contribution in [0, 0.1) is 23.6 Å². The second kappa shape index (κ2) is 6.78. The fraction of sp³-hybridized carbons (Fsp3) is 0.500. The summed E-state index contributed by atoms with van der Waals surface area (Å²) in [6, 6.07) is 5.61. The molecule has 24 heavy (non-hydrogen) atoms. The third-order valence-corrected chi connectivity index (χ3v) is 4.22. The van der Waals surface area contributed by atoms with Crippen LogP contribution in [-0.2, 0) is 16.0 Å². The molecule has 1 fully saturated rings. The summed E-state index contributed by atoms with van der Waals surface area (Å²) in [4.78, 5) is 24.3. The molecular weight excluding hydrogens is 330 g/mol. The highest BCUT2D eigenvalue weighted by molar-refractivity contribution is 5.81. The number of amides is 1. The summed E-state index contributed by atoms with van der Waals surface area (Å²) < 4.78 is 52.0. The van der Waals surface area contributed by atoms with Crippen LogP contribution in [0.2, 0.25) is 0 Å². The van der Waals surface area contributed by atoms with Crippen molar-refractivity contribution in [3.05, 3.63) is 35.6 Å². The van der Waals surface area contributed by atoms with Crippen LogP contribution in [0.3, 0.4) is 0 Å². The first kappa shape index (κ1) is 18.2. The highest BCUT2D eigenvalue weighted by Gasteiger charge is 2.53. The lowest BCUT2D eigenvalue weighted by atomic mass is 9.96. The van der Waals surface area contributed by atoms with E-state index in [4.69, 9.17) is 5.11 Å². The number of rotatable bonds is 4. The van der Waals surface area contributed by atoms with Crippen molar-refractivity contribution in [1.29, 1.82) is 0 Å². The molecule has 1 aliphatic heterocycles. The van der Waals surface area contributed by atoms with Crippen molar-refractivity contribution >= 4 is 11.9 Å². The Hall–Kier alpha value is -2.12. The SMILES string of the molecule is CC(Cc1cccc(F)c1)C(=O)N1C[C@@H](C(F)(F)F)[C@H](C(=O)O)C1. The molecule has 1 N–H and O–H groups in total. The second-order valence-electron chi connectivity index (χ2n) is 6.07. The number of benzene rings is 1. The number of carboxylic acid groups (broad SMARTS) is 1. The average molecular weight is 347 g/mol. The Balaban J connectivity index is 2.08. The Bertz CT molecular complexity index is 632. The Labute approximate surface area is 136 Å². The molecule has 3 atom stereocenters. The van der Waals surface area contributed by atoms with Crippen molar-refractivity contribution in [3.63, 3.8) is 0 Å². The first-order valence-corrected chi connectivity index (χ1v) is 7.42. The number of likely N-dealkylation sites (tertiary alicyclic amines) is 1. The van der Waals surface area contributed by atoms with Gasteiger partial charge in [0.25, 0.3) is 0 Å². The van der Waals surface area contributed by atoms with Crippen LogP contribution in [0.5, 0.6) is 0 Å². The Morgan fingerprint density at radius 2 is 2.00 bits per heavy atom. The summed E-state index contributed by atoms with van der Waals surface area (Å²) in [5, 5.41) is 8.97. The molecule has 2 rings (SSSR count). The van der Waals surface area contributed by atoms with Crippen LogP contribution in [0.25, 0.3) is 0 Å². The Kier molecular flexibility index (Phi) is 5.15. The Morgan fingerprint density at radius 1 is 1.33 bits per heavy atom. The monoisotopic (exact) mass is 347 g/mol. The molecule has 132 valence electrons. The summed E-state index contributed by atoms with van der Waals surface area (Å²) in [5.74, 6) is -6.98. The lowest BCUT2D eigenvalue weighted by molar-refractivity contribution is -0.188. The van der Waals surface area contributed by atoms with E-state index >= 15 is 0 Å². The quantitative estimate of drug-likeness (QED) is 0.852. The molecule has 1 amide bonds. The largest absolute Gasteiger partial charge is 0.481 e. The number of aliphatic carboxylic acids is 1. The van der Waals surface area contributed by atoms with Gasteiger partial charge >= 0.3 is 12.1 Å². The Morgan fingerprint density at radius 3 is 2.50 bits per heavy atom. The van der Waals surface area contributed by atoms with E-state index in [-0.39, 0.29) is 6.42 Å². The van der Waals surface area contributed by atoms with Gasteiger partial charge < -0.3 is 10.0 Å². The number of hydrogen-bond donors (Lipinski definition) is 1. The highest BCUT2D eigenvalue weighted by atomic mass is 19.4. The smallest absolute Gasteiger partial charge is 0.394 e. The predicted molar refractivity (Wildman–Crippen MR) is 76.5 cm³/mol. The summed E-state index contributed by atoms with van der Waals surface area (Å²) in [7, 11) is 0. The number of carbonyl (C=O) groups is 2. The van der Waals surface area contributed by atoms with Crippen molar-refractivity contribution in [3.8, 4) is 0 Å². The van der Waals surface area contributed by atoms with Gasteiger partial charge in [-0.3, -0.25) is 9.59 Å². The minimum atomic E-state index is -4.68. The molecule has 1 saturated heterocycles. The number of carbonyl (C=O) groups excluding carboxylic acids is 1. The molecule has 0 aliphatic carbocycles. The van der Waals surface area contributed by atoms with E-state index in [0.717, 1.165) is 4.90 Å². The molecule has 1 heterocycles. The summed E-state index contributed by atoms with van der Waals surface area (Å²) in [6.45, 7) is 0.405. The molecule has 0 bridgehead atoms. The fourth-order valence-corrected chi connectivity index (χ4v) is 2.98. The predicted octanol–water partition coefficient (Wildman–Crippen LogP) is 2.73. The molecule has 1 unspecified atom stereocenters. The third-order valence-electron chi connectivity index (χ3n) is 4.22. The topological polar surface area (TPSA) is 57.6 Å². The van der Waals surface area contributed by atoms with E-state index in [2.05, 4.69) is 0 Å². The molecule has 4 nitrogen and oxygen atoms in total. The average Bonchev–Trinajstić information content (AvgIpc) is 2.91. The van der Waals surface area contributed by atoms with Crippen LogP contribution >= 0.6 is 0 Å². The van der Waals surface area contributed by atoms with Crippen LogP contribution < -0.4 is 0 Å². The number of nitrogens with zero attached hydrogens (tertiary/aromatic N) is 1. The normalized spacial score (nSPS) is 22.5. The van der Waals surface area contributed by atoms with Gasteiger partial charge in [-0.05, 0) is 24.1 Å². The first-order chi connectivity index (χ1) is 11.1. The van der Waals surface area contributed by atoms with Crippen molar-refractivity contribution in [2.45, 2.75) is 19.5 Å². The molecule has 0 aromatic heterocycles. The lowest BCUT2D eigenvalue weighted by Crippen LogP contribution is -2.36.